The number of benzene rings is 2. The summed E-state index contributed by atoms with van der Waals surface area (Å²) >= 11 is 3.38. The second-order valence-electron chi connectivity index (χ2n) is 11.8. The van der Waals surface area contributed by atoms with Crippen LogP contribution in [0.1, 0.15) is 63.6 Å². The second kappa shape index (κ2) is 13.5. The van der Waals surface area contributed by atoms with Gasteiger partial charge in [-0.15, -0.1) is 0 Å². The SMILES string of the molecule is CC[C@@H]1C[C@H](N(Cc2cc(OC)cc(C(F)(F)F)c2)c2ncc(Br)cn2)C[C@H](Cc2ccccc2)N1C(=O)OC(C)(C)C. The van der Waals surface area contributed by atoms with Crippen molar-refractivity contribution in [3.8, 4) is 5.75 Å². The van der Waals surface area contributed by atoms with Gasteiger partial charge in [0.1, 0.15) is 11.4 Å². The van der Waals surface area contributed by atoms with Gasteiger partial charge in [0.2, 0.25) is 5.95 Å². The third kappa shape index (κ3) is 8.61. The number of carbonyl (C=O) groups is 1. The number of alkyl halides is 3. The summed E-state index contributed by atoms with van der Waals surface area (Å²) in [5, 5.41) is 0. The highest BCUT2D eigenvalue weighted by Gasteiger charge is 2.42. The maximum atomic E-state index is 13.8. The molecule has 0 radical (unpaired) electrons. The topological polar surface area (TPSA) is 67.8 Å². The molecule has 0 unspecified atom stereocenters. The zero-order valence-electron chi connectivity index (χ0n) is 25.1. The molecule has 0 N–H and O–H groups in total. The number of aromatic nitrogens is 2. The molecule has 0 aliphatic carbocycles. The van der Waals surface area contributed by atoms with E-state index in [1.54, 1.807) is 18.5 Å². The fourth-order valence-electron chi connectivity index (χ4n) is 5.60. The van der Waals surface area contributed by atoms with Crippen molar-refractivity contribution in [2.45, 2.75) is 89.8 Å². The molecular weight excluding hydrogens is 625 g/mol. The average Bonchev–Trinajstić information content (AvgIpc) is 2.95. The molecule has 3 aromatic rings. The van der Waals surface area contributed by atoms with E-state index >= 15 is 0 Å². The van der Waals surface area contributed by atoms with Gasteiger partial charge in [0, 0.05) is 37.1 Å². The van der Waals surface area contributed by atoms with Gasteiger partial charge in [0.05, 0.1) is 17.1 Å². The van der Waals surface area contributed by atoms with Gasteiger partial charge in [-0.2, -0.15) is 13.2 Å². The van der Waals surface area contributed by atoms with Gasteiger partial charge < -0.3 is 19.3 Å². The molecule has 4 rings (SSSR count). The highest BCUT2D eigenvalue weighted by Crippen LogP contribution is 2.36. The number of anilines is 1. The van der Waals surface area contributed by atoms with Crippen LogP contribution in [0.3, 0.4) is 0 Å². The first-order chi connectivity index (χ1) is 20.3. The van der Waals surface area contributed by atoms with Crippen LogP contribution in [0.5, 0.6) is 5.75 Å². The quantitative estimate of drug-likeness (QED) is 0.243. The fraction of sp³-hybridized carbons (Fsp3) is 0.469. The first kappa shape index (κ1) is 32.6. The smallest absolute Gasteiger partial charge is 0.416 e. The molecule has 11 heteroatoms. The van der Waals surface area contributed by atoms with E-state index in [1.807, 2.05) is 67.8 Å². The number of nitrogens with zero attached hydrogens (tertiary/aromatic N) is 4. The lowest BCUT2D eigenvalue weighted by Crippen LogP contribution is -2.58. The van der Waals surface area contributed by atoms with Crippen molar-refractivity contribution in [1.82, 2.24) is 14.9 Å². The second-order valence-corrected chi connectivity index (χ2v) is 12.7. The fourth-order valence-corrected chi connectivity index (χ4v) is 5.80. The lowest BCUT2D eigenvalue weighted by Gasteiger charge is -2.48. The Kier molecular flexibility index (Phi) is 10.2. The summed E-state index contributed by atoms with van der Waals surface area (Å²) in [5.41, 5.74) is 0.0429. The molecule has 1 amide bonds. The highest BCUT2D eigenvalue weighted by atomic mass is 79.9. The van der Waals surface area contributed by atoms with Crippen molar-refractivity contribution in [1.29, 1.82) is 0 Å². The molecular formula is C32H38BrF3N4O3. The van der Waals surface area contributed by atoms with Gasteiger partial charge in [-0.3, -0.25) is 0 Å². The van der Waals surface area contributed by atoms with Crippen molar-refractivity contribution in [3.63, 3.8) is 0 Å². The maximum Gasteiger partial charge on any atom is 0.416 e. The number of amides is 1. The Bertz CT molecular complexity index is 1370. The predicted octanol–water partition coefficient (Wildman–Crippen LogP) is 8.06. The molecule has 232 valence electrons. The molecule has 1 saturated heterocycles. The Hall–Kier alpha value is -3.34. The minimum atomic E-state index is -4.53. The Balaban J connectivity index is 1.75. The van der Waals surface area contributed by atoms with Gasteiger partial charge in [-0.05, 0) is 91.7 Å². The van der Waals surface area contributed by atoms with Crippen LogP contribution in [0, 0.1) is 0 Å². The van der Waals surface area contributed by atoms with Crippen LogP contribution in [-0.2, 0) is 23.9 Å². The number of likely N-dealkylation sites (tertiary alicyclic amines) is 1. The van der Waals surface area contributed by atoms with E-state index in [2.05, 4.69) is 25.9 Å². The third-order valence-electron chi connectivity index (χ3n) is 7.45. The molecule has 2 heterocycles. The molecule has 0 bridgehead atoms. The van der Waals surface area contributed by atoms with Crippen LogP contribution in [0.25, 0.3) is 0 Å². The summed E-state index contributed by atoms with van der Waals surface area (Å²) in [5.74, 6) is 0.512. The number of ether oxygens (including phenoxy) is 2. The van der Waals surface area contributed by atoms with E-state index in [1.165, 1.54) is 7.11 Å². The van der Waals surface area contributed by atoms with Crippen molar-refractivity contribution in [2.24, 2.45) is 0 Å². The zero-order valence-corrected chi connectivity index (χ0v) is 26.7. The highest BCUT2D eigenvalue weighted by molar-refractivity contribution is 9.10. The van der Waals surface area contributed by atoms with Crippen molar-refractivity contribution >= 4 is 28.0 Å². The predicted molar refractivity (Wildman–Crippen MR) is 163 cm³/mol. The largest absolute Gasteiger partial charge is 0.497 e. The van der Waals surface area contributed by atoms with E-state index in [0.29, 0.717) is 41.7 Å². The van der Waals surface area contributed by atoms with Gasteiger partial charge in [0.15, 0.2) is 0 Å². The van der Waals surface area contributed by atoms with Gasteiger partial charge >= 0.3 is 12.3 Å². The summed E-state index contributed by atoms with van der Waals surface area (Å²) in [4.78, 5) is 26.5. The minimum absolute atomic E-state index is 0.119. The number of carbonyl (C=O) groups excluding carboxylic acids is 1. The summed E-state index contributed by atoms with van der Waals surface area (Å²) in [6.45, 7) is 7.69. The van der Waals surface area contributed by atoms with Crippen LogP contribution in [0.15, 0.2) is 65.4 Å². The van der Waals surface area contributed by atoms with E-state index < -0.39 is 17.3 Å². The molecule has 0 spiro atoms. The molecule has 1 aliphatic heterocycles. The molecule has 0 saturated carbocycles. The standard InChI is InChI=1S/C32H38BrF3N4O3/c1-6-25-16-26(17-27(13-21-10-8-7-9-11-21)40(25)30(41)43-31(2,3)4)39(29-37-18-24(33)19-38-29)20-22-12-23(32(34,35)36)15-28(14-22)42-5/h7-12,14-15,18-19,25-27H,6,13,16-17,20H2,1-5H3/t25-,26+,27+/m1/s1. The van der Waals surface area contributed by atoms with E-state index in [-0.39, 0.29) is 36.5 Å². The molecule has 1 fully saturated rings. The number of halogens is 4. The Morgan fingerprint density at radius 3 is 2.26 bits per heavy atom. The Labute approximate surface area is 259 Å². The van der Waals surface area contributed by atoms with Crippen LogP contribution in [0.2, 0.25) is 0 Å². The summed E-state index contributed by atoms with van der Waals surface area (Å²) < 4.78 is 53.1. The summed E-state index contributed by atoms with van der Waals surface area (Å²) in [6.07, 6.45) is 0.722. The van der Waals surface area contributed by atoms with Crippen LogP contribution < -0.4 is 9.64 Å². The molecule has 43 heavy (non-hydrogen) atoms. The third-order valence-corrected chi connectivity index (χ3v) is 7.86. The molecule has 1 aliphatic rings. The van der Waals surface area contributed by atoms with Crippen molar-refractivity contribution in [2.75, 3.05) is 12.0 Å². The molecule has 2 aromatic carbocycles. The van der Waals surface area contributed by atoms with E-state index in [0.717, 1.165) is 17.7 Å². The molecule has 1 aromatic heterocycles. The van der Waals surface area contributed by atoms with E-state index in [4.69, 9.17) is 9.47 Å². The summed E-state index contributed by atoms with van der Waals surface area (Å²) in [7, 11) is 1.35. The maximum absolute atomic E-state index is 13.8. The van der Waals surface area contributed by atoms with Crippen molar-refractivity contribution in [3.05, 3.63) is 82.1 Å². The first-order valence-electron chi connectivity index (χ1n) is 14.3. The monoisotopic (exact) mass is 662 g/mol. The van der Waals surface area contributed by atoms with E-state index in [9.17, 15) is 18.0 Å². The first-order valence-corrected chi connectivity index (χ1v) is 15.1. The number of methoxy groups -OCH3 is 1. The number of piperidine rings is 1. The van der Waals surface area contributed by atoms with Crippen LogP contribution in [0.4, 0.5) is 23.9 Å². The number of hydrogen-bond donors (Lipinski definition) is 0. The minimum Gasteiger partial charge on any atom is -0.497 e. The Morgan fingerprint density at radius 2 is 1.67 bits per heavy atom. The number of rotatable bonds is 8. The zero-order chi connectivity index (χ0) is 31.4. The average molecular weight is 664 g/mol. The molecule has 7 nitrogen and oxygen atoms in total. The Morgan fingerprint density at radius 1 is 1.02 bits per heavy atom. The normalized spacial score (nSPS) is 19.2. The lowest BCUT2D eigenvalue weighted by atomic mass is 9.86. The summed E-state index contributed by atoms with van der Waals surface area (Å²) in [6, 6.07) is 13.1. The number of hydrogen-bond acceptors (Lipinski definition) is 6. The van der Waals surface area contributed by atoms with Gasteiger partial charge in [0.25, 0.3) is 0 Å². The van der Waals surface area contributed by atoms with Crippen molar-refractivity contribution < 1.29 is 27.4 Å². The van der Waals surface area contributed by atoms with Crippen LogP contribution in [-0.4, -0.2) is 51.8 Å². The lowest BCUT2D eigenvalue weighted by molar-refractivity contribution is -0.137. The van der Waals surface area contributed by atoms with Gasteiger partial charge in [-0.25, -0.2) is 14.8 Å². The van der Waals surface area contributed by atoms with Crippen LogP contribution >= 0.6 is 15.9 Å². The van der Waals surface area contributed by atoms with Gasteiger partial charge in [-0.1, -0.05) is 37.3 Å². The molecule has 3 atom stereocenters.